The molecule has 2 rings (SSSR count). The van der Waals surface area contributed by atoms with Crippen LogP contribution in [0.2, 0.25) is 0 Å². The molecule has 21 heavy (non-hydrogen) atoms. The van der Waals surface area contributed by atoms with Gasteiger partial charge in [0.15, 0.2) is 0 Å². The van der Waals surface area contributed by atoms with E-state index in [0.717, 1.165) is 34.4 Å². The summed E-state index contributed by atoms with van der Waals surface area (Å²) in [7, 11) is 0. The maximum atomic E-state index is 9.33. The number of benzene rings is 2. The maximum Gasteiger partial charge on any atom is 0.101 e. The van der Waals surface area contributed by atoms with E-state index >= 15 is 0 Å². The molecule has 2 aromatic rings. The monoisotopic (exact) mass is 343 g/mol. The number of rotatable bonds is 5. The number of halogens is 1. The van der Waals surface area contributed by atoms with Crippen LogP contribution in [0.1, 0.15) is 24.5 Å². The molecule has 4 heteroatoms. The summed E-state index contributed by atoms with van der Waals surface area (Å²) in [4.78, 5) is 2.20. The molecular formula is C17H18BrN3. The van der Waals surface area contributed by atoms with Gasteiger partial charge in [-0.05, 0) is 36.2 Å². The van der Waals surface area contributed by atoms with E-state index in [1.165, 1.54) is 0 Å². The minimum atomic E-state index is 0.682. The number of nitrogen functional groups attached to an aromatic ring is 1. The van der Waals surface area contributed by atoms with Gasteiger partial charge in [-0.1, -0.05) is 41.1 Å². The standard InChI is InChI=1S/C17H18BrN3/c1-2-9-21(12-14-5-3-4-6-16(14)20)17-10-15(18)8-7-13(17)11-19/h3-8,10H,2,9,12,20H2,1H3. The largest absolute Gasteiger partial charge is 0.398 e. The SMILES string of the molecule is CCCN(Cc1ccccc1N)c1cc(Br)ccc1C#N. The van der Waals surface area contributed by atoms with Crippen molar-refractivity contribution in [2.24, 2.45) is 0 Å². The molecule has 0 spiro atoms. The van der Waals surface area contributed by atoms with Gasteiger partial charge in [0.05, 0.1) is 11.3 Å². The number of nitrogens with two attached hydrogens (primary N) is 1. The van der Waals surface area contributed by atoms with E-state index in [9.17, 15) is 5.26 Å². The molecule has 0 saturated carbocycles. The molecule has 0 aliphatic heterocycles. The molecule has 0 radical (unpaired) electrons. The molecule has 0 amide bonds. The molecule has 0 fully saturated rings. The number of nitrogens with zero attached hydrogens (tertiary/aromatic N) is 2. The lowest BCUT2D eigenvalue weighted by Gasteiger charge is -2.26. The van der Waals surface area contributed by atoms with E-state index in [1.807, 2.05) is 42.5 Å². The van der Waals surface area contributed by atoms with Crippen molar-refractivity contribution in [2.45, 2.75) is 19.9 Å². The molecule has 3 nitrogen and oxygen atoms in total. The zero-order valence-corrected chi connectivity index (χ0v) is 13.6. The fourth-order valence-corrected chi connectivity index (χ4v) is 2.65. The first-order valence-corrected chi connectivity index (χ1v) is 7.73. The van der Waals surface area contributed by atoms with Gasteiger partial charge in [0.1, 0.15) is 6.07 Å². The Balaban J connectivity index is 2.38. The van der Waals surface area contributed by atoms with Crippen molar-refractivity contribution in [1.82, 2.24) is 0 Å². The molecule has 0 aromatic heterocycles. The molecule has 2 N–H and O–H groups in total. The smallest absolute Gasteiger partial charge is 0.101 e. The Hall–Kier alpha value is -1.99. The van der Waals surface area contributed by atoms with Crippen LogP contribution in [0, 0.1) is 11.3 Å². The number of anilines is 2. The maximum absolute atomic E-state index is 9.33. The third-order valence-corrected chi connectivity index (χ3v) is 3.82. The van der Waals surface area contributed by atoms with E-state index in [4.69, 9.17) is 5.73 Å². The highest BCUT2D eigenvalue weighted by Crippen LogP contribution is 2.27. The Bertz CT molecular complexity index is 661. The highest BCUT2D eigenvalue weighted by atomic mass is 79.9. The van der Waals surface area contributed by atoms with Crippen LogP contribution in [0.25, 0.3) is 0 Å². The van der Waals surface area contributed by atoms with Crippen LogP contribution < -0.4 is 10.6 Å². The van der Waals surface area contributed by atoms with E-state index in [2.05, 4.69) is 33.8 Å². The van der Waals surface area contributed by atoms with E-state index in [1.54, 1.807) is 0 Å². The Morgan fingerprint density at radius 3 is 2.67 bits per heavy atom. The van der Waals surface area contributed by atoms with Crippen molar-refractivity contribution < 1.29 is 0 Å². The fraction of sp³-hybridized carbons (Fsp3) is 0.235. The van der Waals surface area contributed by atoms with Gasteiger partial charge in [-0.3, -0.25) is 0 Å². The van der Waals surface area contributed by atoms with Gasteiger partial charge in [0.2, 0.25) is 0 Å². The lowest BCUT2D eigenvalue weighted by Crippen LogP contribution is -2.25. The van der Waals surface area contributed by atoms with E-state index in [0.29, 0.717) is 12.1 Å². The lowest BCUT2D eigenvalue weighted by atomic mass is 10.1. The summed E-state index contributed by atoms with van der Waals surface area (Å²) in [6, 6.07) is 15.9. The van der Waals surface area contributed by atoms with E-state index in [-0.39, 0.29) is 0 Å². The minimum Gasteiger partial charge on any atom is -0.398 e. The third kappa shape index (κ3) is 3.77. The van der Waals surface area contributed by atoms with Crippen LogP contribution in [0.15, 0.2) is 46.9 Å². The molecule has 0 bridgehead atoms. The predicted molar refractivity (Wildman–Crippen MR) is 91.1 cm³/mol. The van der Waals surface area contributed by atoms with Crippen molar-refractivity contribution in [2.75, 3.05) is 17.2 Å². The molecule has 2 aromatic carbocycles. The topological polar surface area (TPSA) is 53.0 Å². The van der Waals surface area contributed by atoms with Crippen LogP contribution in [-0.4, -0.2) is 6.54 Å². The van der Waals surface area contributed by atoms with Gasteiger partial charge in [0, 0.05) is 23.2 Å². The average Bonchev–Trinajstić information content (AvgIpc) is 2.49. The molecule has 108 valence electrons. The zero-order valence-electron chi connectivity index (χ0n) is 12.0. The van der Waals surface area contributed by atoms with Gasteiger partial charge in [-0.15, -0.1) is 0 Å². The first-order valence-electron chi connectivity index (χ1n) is 6.93. The van der Waals surface area contributed by atoms with Crippen LogP contribution in [0.5, 0.6) is 0 Å². The predicted octanol–water partition coefficient (Wildman–Crippen LogP) is 4.32. The molecule has 0 unspecified atom stereocenters. The number of para-hydroxylation sites is 1. The number of hydrogen-bond acceptors (Lipinski definition) is 3. The normalized spacial score (nSPS) is 10.1. The molecule has 0 aliphatic carbocycles. The first-order chi connectivity index (χ1) is 10.2. The summed E-state index contributed by atoms with van der Waals surface area (Å²) in [5, 5.41) is 9.33. The van der Waals surface area contributed by atoms with Gasteiger partial charge < -0.3 is 10.6 Å². The second-order valence-electron chi connectivity index (χ2n) is 4.89. The first kappa shape index (κ1) is 15.4. The van der Waals surface area contributed by atoms with E-state index < -0.39 is 0 Å². The summed E-state index contributed by atoms with van der Waals surface area (Å²) < 4.78 is 0.971. The Morgan fingerprint density at radius 2 is 2.00 bits per heavy atom. The van der Waals surface area contributed by atoms with Crippen molar-refractivity contribution in [1.29, 1.82) is 5.26 Å². The minimum absolute atomic E-state index is 0.682. The summed E-state index contributed by atoms with van der Waals surface area (Å²) in [5.74, 6) is 0. The van der Waals surface area contributed by atoms with Crippen molar-refractivity contribution >= 4 is 27.3 Å². The molecular weight excluding hydrogens is 326 g/mol. The van der Waals surface area contributed by atoms with Crippen molar-refractivity contribution in [3.8, 4) is 6.07 Å². The Labute approximate surface area is 134 Å². The lowest BCUT2D eigenvalue weighted by molar-refractivity contribution is 0.767. The summed E-state index contributed by atoms with van der Waals surface area (Å²) >= 11 is 3.48. The van der Waals surface area contributed by atoms with Crippen LogP contribution >= 0.6 is 15.9 Å². The van der Waals surface area contributed by atoms with Gasteiger partial charge in [0.25, 0.3) is 0 Å². The Morgan fingerprint density at radius 1 is 1.24 bits per heavy atom. The van der Waals surface area contributed by atoms with Crippen molar-refractivity contribution in [3.05, 3.63) is 58.1 Å². The fourth-order valence-electron chi connectivity index (χ4n) is 2.30. The molecule has 0 atom stereocenters. The van der Waals surface area contributed by atoms with Gasteiger partial charge in [-0.2, -0.15) is 5.26 Å². The van der Waals surface area contributed by atoms with Gasteiger partial charge in [-0.25, -0.2) is 0 Å². The summed E-state index contributed by atoms with van der Waals surface area (Å²) in [5.41, 5.74) is 9.53. The van der Waals surface area contributed by atoms with Gasteiger partial charge >= 0.3 is 0 Å². The second-order valence-corrected chi connectivity index (χ2v) is 5.81. The number of hydrogen-bond donors (Lipinski definition) is 1. The number of nitriles is 1. The van der Waals surface area contributed by atoms with Crippen LogP contribution in [0.4, 0.5) is 11.4 Å². The summed E-state index contributed by atoms with van der Waals surface area (Å²) in [6.07, 6.45) is 1.00. The molecule has 0 heterocycles. The quantitative estimate of drug-likeness (QED) is 0.822. The Kier molecular flexibility index (Phi) is 5.24. The zero-order chi connectivity index (χ0) is 15.2. The van der Waals surface area contributed by atoms with Crippen LogP contribution in [0.3, 0.4) is 0 Å². The van der Waals surface area contributed by atoms with Crippen molar-refractivity contribution in [3.63, 3.8) is 0 Å². The van der Waals surface area contributed by atoms with Crippen LogP contribution in [-0.2, 0) is 6.54 Å². The second kappa shape index (κ2) is 7.14. The highest BCUT2D eigenvalue weighted by Gasteiger charge is 2.13. The highest BCUT2D eigenvalue weighted by molar-refractivity contribution is 9.10. The third-order valence-electron chi connectivity index (χ3n) is 3.33. The molecule has 0 aliphatic rings. The molecule has 0 saturated heterocycles. The summed E-state index contributed by atoms with van der Waals surface area (Å²) in [6.45, 7) is 3.70. The average molecular weight is 344 g/mol.